The van der Waals surface area contributed by atoms with Gasteiger partial charge in [0.2, 0.25) is 0 Å². The lowest BCUT2D eigenvalue weighted by molar-refractivity contribution is 0.355. The molecule has 2 atom stereocenters. The highest BCUT2D eigenvalue weighted by Gasteiger charge is 2.25. The maximum atomic E-state index is 2.50. The Hall–Kier alpha value is -0.780. The molecule has 0 nitrogen and oxygen atoms in total. The van der Waals surface area contributed by atoms with Crippen LogP contribution in [0, 0.1) is 10.8 Å². The minimum absolute atomic E-state index is 0.416. The lowest BCUT2D eigenvalue weighted by Gasteiger charge is -2.31. The van der Waals surface area contributed by atoms with Gasteiger partial charge in [-0.2, -0.15) is 0 Å². The lowest BCUT2D eigenvalue weighted by Crippen LogP contribution is -2.19. The molecule has 16 heavy (non-hydrogen) atoms. The summed E-state index contributed by atoms with van der Waals surface area (Å²) >= 11 is 0. The molecule has 2 unspecified atom stereocenters. The van der Waals surface area contributed by atoms with E-state index in [4.69, 9.17) is 0 Å². The van der Waals surface area contributed by atoms with E-state index < -0.39 is 0 Å². The van der Waals surface area contributed by atoms with Crippen LogP contribution in [-0.2, 0) is 0 Å². The summed E-state index contributed by atoms with van der Waals surface area (Å²) in [5.41, 5.74) is 0.831. The molecule has 2 aliphatic carbocycles. The number of hydrogen-bond donors (Lipinski definition) is 0. The van der Waals surface area contributed by atoms with Crippen LogP contribution in [0.5, 0.6) is 0 Å². The van der Waals surface area contributed by atoms with Gasteiger partial charge in [0, 0.05) is 0 Å². The summed E-state index contributed by atoms with van der Waals surface area (Å²) in [6, 6.07) is 0. The molecular weight excluding hydrogens is 192 g/mol. The molecule has 88 valence electrons. The summed E-state index contributed by atoms with van der Waals surface area (Å²) in [6.45, 7) is 4.80. The first kappa shape index (κ1) is 11.7. The Morgan fingerprint density at radius 3 is 1.50 bits per heavy atom. The van der Waals surface area contributed by atoms with Crippen molar-refractivity contribution in [2.75, 3.05) is 0 Å². The Morgan fingerprint density at radius 1 is 0.750 bits per heavy atom. The van der Waals surface area contributed by atoms with E-state index >= 15 is 0 Å². The summed E-state index contributed by atoms with van der Waals surface area (Å²) in [7, 11) is 0. The van der Waals surface area contributed by atoms with E-state index in [2.05, 4.69) is 50.3 Å². The number of allylic oxidation sites excluding steroid dienone is 6. The molecule has 0 saturated carbocycles. The van der Waals surface area contributed by atoms with E-state index in [-0.39, 0.29) is 0 Å². The smallest absolute Gasteiger partial charge is 0.0109 e. The first-order chi connectivity index (χ1) is 7.62. The normalized spacial score (nSPS) is 39.4. The molecule has 0 bridgehead atoms. The molecule has 0 aromatic rings. The Labute approximate surface area is 100 Å². The van der Waals surface area contributed by atoms with Crippen LogP contribution in [0.4, 0.5) is 0 Å². The highest BCUT2D eigenvalue weighted by molar-refractivity contribution is 5.12. The van der Waals surface area contributed by atoms with E-state index in [1.54, 1.807) is 0 Å². The van der Waals surface area contributed by atoms with Gasteiger partial charge in [0.25, 0.3) is 0 Å². The van der Waals surface area contributed by atoms with Crippen molar-refractivity contribution in [2.24, 2.45) is 10.8 Å². The average Bonchev–Trinajstić information content (AvgIpc) is 2.29. The molecule has 0 aromatic heterocycles. The highest BCUT2D eigenvalue weighted by Crippen LogP contribution is 2.38. The zero-order valence-electron chi connectivity index (χ0n) is 10.7. The van der Waals surface area contributed by atoms with Gasteiger partial charge in [-0.25, -0.2) is 0 Å². The van der Waals surface area contributed by atoms with Gasteiger partial charge in [-0.1, -0.05) is 50.3 Å². The maximum absolute atomic E-state index is 2.50. The molecule has 0 fully saturated rings. The second kappa shape index (κ2) is 4.61. The molecule has 2 rings (SSSR count). The molecule has 0 spiro atoms. The van der Waals surface area contributed by atoms with Crippen molar-refractivity contribution in [3.05, 3.63) is 36.5 Å². The predicted octanol–water partition coefficient (Wildman–Crippen LogP) is 5.04. The van der Waals surface area contributed by atoms with Gasteiger partial charge >= 0.3 is 0 Å². The van der Waals surface area contributed by atoms with Gasteiger partial charge < -0.3 is 0 Å². The Kier molecular flexibility index (Phi) is 3.37. The van der Waals surface area contributed by atoms with Gasteiger partial charge in [0.05, 0.1) is 0 Å². The standard InChI is InChI=1S/C16H24/c1-15(9-5-3-6-10-15)13-14-16(2)11-7-4-8-12-16/h3-5,7,13-14H,6,8-12H2,1-2H3. The van der Waals surface area contributed by atoms with Gasteiger partial charge in [0.1, 0.15) is 0 Å². The van der Waals surface area contributed by atoms with Crippen molar-refractivity contribution >= 4 is 0 Å². The van der Waals surface area contributed by atoms with Gasteiger partial charge in [0.15, 0.2) is 0 Å². The minimum Gasteiger partial charge on any atom is -0.0885 e. The van der Waals surface area contributed by atoms with Crippen molar-refractivity contribution in [1.82, 2.24) is 0 Å². The topological polar surface area (TPSA) is 0 Å². The van der Waals surface area contributed by atoms with Gasteiger partial charge in [-0.3, -0.25) is 0 Å². The quantitative estimate of drug-likeness (QED) is 0.567. The molecule has 0 aliphatic heterocycles. The Morgan fingerprint density at radius 2 is 1.19 bits per heavy atom. The third-order valence-electron chi connectivity index (χ3n) is 4.15. The molecule has 0 saturated heterocycles. The zero-order valence-corrected chi connectivity index (χ0v) is 10.7. The summed E-state index contributed by atoms with van der Waals surface area (Å²) < 4.78 is 0. The maximum Gasteiger partial charge on any atom is -0.0109 e. The first-order valence-electron chi connectivity index (χ1n) is 6.62. The molecule has 0 amide bonds. The summed E-state index contributed by atoms with van der Waals surface area (Å²) in [5.74, 6) is 0. The Balaban J connectivity index is 2.02. The van der Waals surface area contributed by atoms with E-state index in [1.165, 1.54) is 38.5 Å². The number of rotatable bonds is 2. The van der Waals surface area contributed by atoms with E-state index in [0.29, 0.717) is 10.8 Å². The van der Waals surface area contributed by atoms with Crippen molar-refractivity contribution in [3.8, 4) is 0 Å². The van der Waals surface area contributed by atoms with Crippen LogP contribution in [0.15, 0.2) is 36.5 Å². The summed E-state index contributed by atoms with van der Waals surface area (Å²) in [5, 5.41) is 0. The fourth-order valence-electron chi connectivity index (χ4n) is 2.68. The molecular formula is C16H24. The van der Waals surface area contributed by atoms with Crippen molar-refractivity contribution in [2.45, 2.75) is 52.4 Å². The largest absolute Gasteiger partial charge is 0.0885 e. The molecule has 0 radical (unpaired) electrons. The lowest BCUT2D eigenvalue weighted by atomic mass is 9.73. The average molecular weight is 216 g/mol. The van der Waals surface area contributed by atoms with E-state index in [9.17, 15) is 0 Å². The third-order valence-corrected chi connectivity index (χ3v) is 4.15. The van der Waals surface area contributed by atoms with Crippen molar-refractivity contribution in [3.63, 3.8) is 0 Å². The first-order valence-corrected chi connectivity index (χ1v) is 6.62. The van der Waals surface area contributed by atoms with Gasteiger partial charge in [-0.15, -0.1) is 0 Å². The Bertz CT molecular complexity index is 289. The molecule has 0 heteroatoms. The van der Waals surface area contributed by atoms with E-state index in [1.807, 2.05) is 0 Å². The van der Waals surface area contributed by atoms with Gasteiger partial charge in [-0.05, 0) is 49.4 Å². The van der Waals surface area contributed by atoms with E-state index in [0.717, 1.165) is 0 Å². The van der Waals surface area contributed by atoms with Crippen LogP contribution in [-0.4, -0.2) is 0 Å². The third kappa shape index (κ3) is 2.87. The SMILES string of the molecule is CC1(C=CC2(C)CC=CCC2)CC=CCC1. The molecule has 0 N–H and O–H groups in total. The molecule has 2 aliphatic rings. The number of hydrogen-bond acceptors (Lipinski definition) is 0. The van der Waals surface area contributed by atoms with Crippen LogP contribution >= 0.6 is 0 Å². The fourth-order valence-corrected chi connectivity index (χ4v) is 2.68. The highest BCUT2D eigenvalue weighted by atomic mass is 14.3. The van der Waals surface area contributed by atoms with Crippen LogP contribution < -0.4 is 0 Å². The van der Waals surface area contributed by atoms with Crippen molar-refractivity contribution in [1.29, 1.82) is 0 Å². The van der Waals surface area contributed by atoms with Crippen LogP contribution in [0.3, 0.4) is 0 Å². The van der Waals surface area contributed by atoms with Crippen LogP contribution in [0.25, 0.3) is 0 Å². The fraction of sp³-hybridized carbons (Fsp3) is 0.625. The second-order valence-electron chi connectivity index (χ2n) is 6.07. The summed E-state index contributed by atoms with van der Waals surface area (Å²) in [6.07, 6.45) is 21.9. The monoisotopic (exact) mass is 216 g/mol. The zero-order chi connectivity index (χ0) is 11.5. The minimum atomic E-state index is 0.416. The molecule has 0 aromatic carbocycles. The van der Waals surface area contributed by atoms with Crippen LogP contribution in [0.2, 0.25) is 0 Å². The molecule has 0 heterocycles. The van der Waals surface area contributed by atoms with Crippen LogP contribution in [0.1, 0.15) is 52.4 Å². The second-order valence-corrected chi connectivity index (χ2v) is 6.07. The summed E-state index contributed by atoms with van der Waals surface area (Å²) in [4.78, 5) is 0. The van der Waals surface area contributed by atoms with Crippen molar-refractivity contribution < 1.29 is 0 Å². The predicted molar refractivity (Wildman–Crippen MR) is 71.3 cm³/mol.